The predicted octanol–water partition coefficient (Wildman–Crippen LogP) is 1.86. The minimum absolute atomic E-state index is 0.660. The van der Waals surface area contributed by atoms with E-state index in [0.717, 1.165) is 0 Å². The predicted molar refractivity (Wildman–Crippen MR) is 60.5 cm³/mol. The normalized spacial score (nSPS) is 33.4. The van der Waals surface area contributed by atoms with Crippen LogP contribution in [0.25, 0.3) is 0 Å². The van der Waals surface area contributed by atoms with Crippen LogP contribution in [0.3, 0.4) is 0 Å². The summed E-state index contributed by atoms with van der Waals surface area (Å²) in [6, 6.07) is 0.717. The zero-order valence-corrected chi connectivity index (χ0v) is 9.68. The third-order valence-corrected chi connectivity index (χ3v) is 3.97. The molecule has 0 spiro atoms. The molecule has 1 saturated heterocycles. The summed E-state index contributed by atoms with van der Waals surface area (Å²) in [7, 11) is 0. The second-order valence-electron chi connectivity index (χ2n) is 5.58. The van der Waals surface area contributed by atoms with Crippen LogP contribution in [0.5, 0.6) is 0 Å². The van der Waals surface area contributed by atoms with Gasteiger partial charge in [-0.3, -0.25) is 0 Å². The average Bonchev–Trinajstić information content (AvgIpc) is 2.29. The quantitative estimate of drug-likeness (QED) is 0.725. The van der Waals surface area contributed by atoms with Gasteiger partial charge < -0.3 is 10.2 Å². The summed E-state index contributed by atoms with van der Waals surface area (Å²) < 4.78 is 0. The van der Waals surface area contributed by atoms with E-state index in [1.54, 1.807) is 0 Å². The Labute approximate surface area is 88.1 Å². The van der Waals surface area contributed by atoms with Gasteiger partial charge in [0.25, 0.3) is 0 Å². The molecule has 2 heteroatoms. The molecule has 14 heavy (non-hydrogen) atoms. The molecule has 1 aliphatic carbocycles. The lowest BCUT2D eigenvalue weighted by molar-refractivity contribution is 0.0886. The average molecular weight is 196 g/mol. The SMILES string of the molecule is CC1CCN(CC2(C)CCC2)CCN1. The van der Waals surface area contributed by atoms with Crippen LogP contribution in [0.2, 0.25) is 0 Å². The highest BCUT2D eigenvalue weighted by Gasteiger charge is 2.33. The van der Waals surface area contributed by atoms with Gasteiger partial charge in [-0.05, 0) is 38.1 Å². The first-order chi connectivity index (χ1) is 6.68. The molecule has 0 aromatic carbocycles. The fourth-order valence-electron chi connectivity index (χ4n) is 2.70. The van der Waals surface area contributed by atoms with E-state index in [0.29, 0.717) is 11.5 Å². The molecule has 1 heterocycles. The Morgan fingerprint density at radius 2 is 2.14 bits per heavy atom. The van der Waals surface area contributed by atoms with Gasteiger partial charge in [-0.1, -0.05) is 13.3 Å². The number of nitrogens with one attached hydrogen (secondary N) is 1. The number of nitrogens with zero attached hydrogens (tertiary/aromatic N) is 1. The summed E-state index contributed by atoms with van der Waals surface area (Å²) in [6.45, 7) is 9.81. The third kappa shape index (κ3) is 2.48. The van der Waals surface area contributed by atoms with Crippen molar-refractivity contribution in [3.63, 3.8) is 0 Å². The topological polar surface area (TPSA) is 15.3 Å². The molecule has 2 rings (SSSR count). The summed E-state index contributed by atoms with van der Waals surface area (Å²) in [5, 5.41) is 3.55. The molecule has 2 nitrogen and oxygen atoms in total. The van der Waals surface area contributed by atoms with E-state index in [2.05, 4.69) is 24.1 Å². The molecule has 1 N–H and O–H groups in total. The first kappa shape index (κ1) is 10.4. The maximum absolute atomic E-state index is 3.55. The van der Waals surface area contributed by atoms with E-state index in [4.69, 9.17) is 0 Å². The van der Waals surface area contributed by atoms with Crippen LogP contribution in [-0.4, -0.2) is 37.1 Å². The van der Waals surface area contributed by atoms with Crippen LogP contribution >= 0.6 is 0 Å². The molecule has 0 amide bonds. The zero-order valence-electron chi connectivity index (χ0n) is 9.68. The third-order valence-electron chi connectivity index (χ3n) is 3.97. The van der Waals surface area contributed by atoms with E-state index in [1.165, 1.54) is 51.9 Å². The van der Waals surface area contributed by atoms with Crippen LogP contribution in [0.1, 0.15) is 39.5 Å². The lowest BCUT2D eigenvalue weighted by atomic mass is 9.70. The summed E-state index contributed by atoms with van der Waals surface area (Å²) in [4.78, 5) is 2.66. The highest BCUT2D eigenvalue weighted by molar-refractivity contribution is 4.87. The number of hydrogen-bond donors (Lipinski definition) is 1. The highest BCUT2D eigenvalue weighted by Crippen LogP contribution is 2.40. The standard InChI is InChI=1S/C12H24N2/c1-11-4-8-14(9-7-13-11)10-12(2)5-3-6-12/h11,13H,3-10H2,1-2H3. The fraction of sp³-hybridized carbons (Fsp3) is 1.00. The summed E-state index contributed by atoms with van der Waals surface area (Å²) in [5.41, 5.74) is 0.660. The second-order valence-corrected chi connectivity index (χ2v) is 5.58. The Bertz CT molecular complexity index is 187. The van der Waals surface area contributed by atoms with E-state index in [1.807, 2.05) is 0 Å². The van der Waals surface area contributed by atoms with Crippen molar-refractivity contribution in [1.29, 1.82) is 0 Å². The fourth-order valence-corrected chi connectivity index (χ4v) is 2.70. The Balaban J connectivity index is 1.79. The van der Waals surface area contributed by atoms with Gasteiger partial charge in [-0.2, -0.15) is 0 Å². The molecule has 0 bridgehead atoms. The van der Waals surface area contributed by atoms with Crippen molar-refractivity contribution in [3.8, 4) is 0 Å². The van der Waals surface area contributed by atoms with Crippen molar-refractivity contribution in [2.45, 2.75) is 45.6 Å². The Morgan fingerprint density at radius 1 is 1.36 bits per heavy atom. The van der Waals surface area contributed by atoms with E-state index >= 15 is 0 Å². The first-order valence-electron chi connectivity index (χ1n) is 6.14. The van der Waals surface area contributed by atoms with Crippen molar-refractivity contribution in [2.75, 3.05) is 26.2 Å². The minimum atomic E-state index is 0.660. The Morgan fingerprint density at radius 3 is 2.79 bits per heavy atom. The van der Waals surface area contributed by atoms with Gasteiger partial charge in [0.05, 0.1) is 0 Å². The molecule has 0 radical (unpaired) electrons. The van der Waals surface area contributed by atoms with Gasteiger partial charge in [0.2, 0.25) is 0 Å². The Hall–Kier alpha value is -0.0800. The summed E-state index contributed by atoms with van der Waals surface area (Å²) in [6.07, 6.45) is 5.67. The molecule has 1 saturated carbocycles. The van der Waals surface area contributed by atoms with Crippen molar-refractivity contribution < 1.29 is 0 Å². The second kappa shape index (κ2) is 4.19. The van der Waals surface area contributed by atoms with E-state index in [9.17, 15) is 0 Å². The van der Waals surface area contributed by atoms with Crippen LogP contribution < -0.4 is 5.32 Å². The molecular formula is C12H24N2. The van der Waals surface area contributed by atoms with Crippen LogP contribution in [-0.2, 0) is 0 Å². The summed E-state index contributed by atoms with van der Waals surface area (Å²) >= 11 is 0. The van der Waals surface area contributed by atoms with Gasteiger partial charge in [-0.15, -0.1) is 0 Å². The van der Waals surface area contributed by atoms with Gasteiger partial charge in [-0.25, -0.2) is 0 Å². The van der Waals surface area contributed by atoms with Crippen LogP contribution in [0, 0.1) is 5.41 Å². The van der Waals surface area contributed by atoms with Crippen molar-refractivity contribution >= 4 is 0 Å². The molecule has 2 aliphatic rings. The molecular weight excluding hydrogens is 172 g/mol. The van der Waals surface area contributed by atoms with Crippen LogP contribution in [0.15, 0.2) is 0 Å². The van der Waals surface area contributed by atoms with Crippen LogP contribution in [0.4, 0.5) is 0 Å². The molecule has 0 aromatic heterocycles. The van der Waals surface area contributed by atoms with Gasteiger partial charge >= 0.3 is 0 Å². The maximum Gasteiger partial charge on any atom is 0.0107 e. The Kier molecular flexibility index (Phi) is 3.13. The summed E-state index contributed by atoms with van der Waals surface area (Å²) in [5.74, 6) is 0. The molecule has 0 aromatic rings. The van der Waals surface area contributed by atoms with Crippen molar-refractivity contribution in [1.82, 2.24) is 10.2 Å². The minimum Gasteiger partial charge on any atom is -0.313 e. The largest absolute Gasteiger partial charge is 0.313 e. The van der Waals surface area contributed by atoms with Gasteiger partial charge in [0, 0.05) is 25.7 Å². The number of hydrogen-bond acceptors (Lipinski definition) is 2. The molecule has 1 aliphatic heterocycles. The lowest BCUT2D eigenvalue weighted by Gasteiger charge is -2.42. The molecule has 82 valence electrons. The lowest BCUT2D eigenvalue weighted by Crippen LogP contribution is -2.41. The molecule has 1 atom stereocenters. The van der Waals surface area contributed by atoms with Crippen molar-refractivity contribution in [2.24, 2.45) is 5.41 Å². The van der Waals surface area contributed by atoms with Gasteiger partial charge in [0.15, 0.2) is 0 Å². The highest BCUT2D eigenvalue weighted by atomic mass is 15.2. The molecule has 1 unspecified atom stereocenters. The van der Waals surface area contributed by atoms with Gasteiger partial charge in [0.1, 0.15) is 0 Å². The zero-order chi connectivity index (χ0) is 10.0. The first-order valence-corrected chi connectivity index (χ1v) is 6.14. The maximum atomic E-state index is 3.55. The smallest absolute Gasteiger partial charge is 0.0107 e. The number of rotatable bonds is 2. The van der Waals surface area contributed by atoms with E-state index < -0.39 is 0 Å². The molecule has 2 fully saturated rings. The van der Waals surface area contributed by atoms with Crippen molar-refractivity contribution in [3.05, 3.63) is 0 Å². The monoisotopic (exact) mass is 196 g/mol. The van der Waals surface area contributed by atoms with E-state index in [-0.39, 0.29) is 0 Å².